The number of anilines is 2. The number of aryl methyl sites for hydroxylation is 2. The fourth-order valence-electron chi connectivity index (χ4n) is 6.52. The van der Waals surface area contributed by atoms with Gasteiger partial charge >= 0.3 is 0 Å². The normalized spacial score (nSPS) is 19.5. The molecule has 4 heterocycles. The van der Waals surface area contributed by atoms with E-state index in [-0.39, 0.29) is 23.4 Å². The van der Waals surface area contributed by atoms with Gasteiger partial charge in [-0.2, -0.15) is 5.10 Å². The minimum Gasteiger partial charge on any atom is -0.393 e. The van der Waals surface area contributed by atoms with Gasteiger partial charge in [0.2, 0.25) is 5.95 Å². The van der Waals surface area contributed by atoms with Gasteiger partial charge < -0.3 is 19.5 Å². The van der Waals surface area contributed by atoms with E-state index in [2.05, 4.69) is 60.9 Å². The van der Waals surface area contributed by atoms with E-state index in [9.17, 15) is 9.90 Å². The van der Waals surface area contributed by atoms with E-state index in [0.717, 1.165) is 74.5 Å². The van der Waals surface area contributed by atoms with Crippen LogP contribution in [0.1, 0.15) is 53.5 Å². The molecule has 1 aromatic carbocycles. The molecule has 1 saturated carbocycles. The molecule has 12 heteroatoms. The molecule has 0 atom stereocenters. The summed E-state index contributed by atoms with van der Waals surface area (Å²) in [6.45, 7) is 9.57. The van der Waals surface area contributed by atoms with Crippen LogP contribution in [0.25, 0.3) is 22.3 Å². The molecule has 3 aromatic heterocycles. The molecule has 2 aliphatic rings. The zero-order valence-corrected chi connectivity index (χ0v) is 26.9. The zero-order valence-electron chi connectivity index (χ0n) is 26.9. The number of aromatic nitrogens is 5. The highest BCUT2D eigenvalue weighted by molar-refractivity contribution is 6.05. The van der Waals surface area contributed by atoms with E-state index in [4.69, 9.17) is 4.98 Å². The fraction of sp³-hybridized carbons (Fsp3) is 0.515. The number of nitrogens with zero attached hydrogens (tertiary/aromatic N) is 8. The van der Waals surface area contributed by atoms with Crippen LogP contribution in [0, 0.1) is 19.7 Å². The summed E-state index contributed by atoms with van der Waals surface area (Å²) in [5.41, 5.74) is 4.66. The second kappa shape index (κ2) is 12.9. The summed E-state index contributed by atoms with van der Waals surface area (Å²) in [6, 6.07) is 7.79. The number of halogens is 1. The highest BCUT2D eigenvalue weighted by atomic mass is 19.1. The Morgan fingerprint density at radius 3 is 2.47 bits per heavy atom. The van der Waals surface area contributed by atoms with Crippen LogP contribution in [0.15, 0.2) is 30.5 Å². The fourth-order valence-corrected chi connectivity index (χ4v) is 6.52. The minimum atomic E-state index is -0.690. The van der Waals surface area contributed by atoms with Gasteiger partial charge in [0.05, 0.1) is 28.9 Å². The molecule has 45 heavy (non-hydrogen) atoms. The minimum absolute atomic E-state index is 0.0458. The number of rotatable bonds is 8. The van der Waals surface area contributed by atoms with E-state index in [1.165, 1.54) is 6.07 Å². The van der Waals surface area contributed by atoms with Crippen molar-refractivity contribution in [1.82, 2.24) is 34.1 Å². The zero-order chi connectivity index (χ0) is 31.8. The first-order chi connectivity index (χ1) is 21.6. The van der Waals surface area contributed by atoms with Crippen molar-refractivity contribution in [2.75, 3.05) is 63.6 Å². The van der Waals surface area contributed by atoms with Crippen molar-refractivity contribution in [1.29, 1.82) is 0 Å². The number of piperazine rings is 1. The number of benzene rings is 1. The van der Waals surface area contributed by atoms with Crippen molar-refractivity contribution in [3.05, 3.63) is 53.2 Å². The Bertz CT molecular complexity index is 1680. The molecule has 0 spiro atoms. The Morgan fingerprint density at radius 1 is 1.07 bits per heavy atom. The molecule has 1 amide bonds. The SMILES string of the molecule is Cc1cc(C(=O)Nc2nc3ccc(N4CCN(CCN(C)C)CC4)cc3n2C2CCC(O)CC2)c(F)c(-c2cnn(C)c2C)n1. The summed E-state index contributed by atoms with van der Waals surface area (Å²) < 4.78 is 19.7. The van der Waals surface area contributed by atoms with Gasteiger partial charge in [0.15, 0.2) is 5.82 Å². The van der Waals surface area contributed by atoms with E-state index in [1.54, 1.807) is 24.9 Å². The molecule has 2 fully saturated rings. The number of likely N-dealkylation sites (N-methyl/N-ethyl adjacent to an activating group) is 1. The third-order valence-electron chi connectivity index (χ3n) is 9.35. The van der Waals surface area contributed by atoms with Crippen LogP contribution >= 0.6 is 0 Å². The molecule has 4 aromatic rings. The number of pyridine rings is 1. The van der Waals surface area contributed by atoms with Crippen LogP contribution in [-0.4, -0.2) is 105 Å². The molecule has 240 valence electrons. The van der Waals surface area contributed by atoms with Crippen molar-refractivity contribution < 1.29 is 14.3 Å². The lowest BCUT2D eigenvalue weighted by atomic mass is 9.93. The Labute approximate surface area is 263 Å². The number of hydrogen-bond donors (Lipinski definition) is 2. The topological polar surface area (TPSA) is 108 Å². The van der Waals surface area contributed by atoms with Gasteiger partial charge in [0.1, 0.15) is 5.69 Å². The quantitative estimate of drug-likeness (QED) is 0.306. The van der Waals surface area contributed by atoms with Crippen molar-refractivity contribution in [3.8, 4) is 11.3 Å². The Morgan fingerprint density at radius 2 is 1.80 bits per heavy atom. The van der Waals surface area contributed by atoms with E-state index in [0.29, 0.717) is 30.0 Å². The third-order valence-corrected chi connectivity index (χ3v) is 9.35. The number of carbonyl (C=O) groups excluding carboxylic acids is 1. The van der Waals surface area contributed by atoms with Crippen LogP contribution in [0.5, 0.6) is 0 Å². The number of aliphatic hydroxyl groups excluding tert-OH is 1. The predicted octanol–water partition coefficient (Wildman–Crippen LogP) is 4.00. The lowest BCUT2D eigenvalue weighted by molar-refractivity contribution is 0.101. The van der Waals surface area contributed by atoms with Gasteiger partial charge in [-0.05, 0) is 77.9 Å². The lowest BCUT2D eigenvalue weighted by Gasteiger charge is -2.36. The van der Waals surface area contributed by atoms with Crippen LogP contribution < -0.4 is 10.2 Å². The van der Waals surface area contributed by atoms with Gasteiger partial charge in [-0.15, -0.1) is 0 Å². The van der Waals surface area contributed by atoms with Crippen LogP contribution in [0.4, 0.5) is 16.0 Å². The first kappa shape index (κ1) is 31.1. The largest absolute Gasteiger partial charge is 0.393 e. The van der Waals surface area contributed by atoms with Crippen molar-refractivity contribution in [2.24, 2.45) is 7.05 Å². The third kappa shape index (κ3) is 6.45. The molecule has 6 rings (SSSR count). The molecule has 11 nitrogen and oxygen atoms in total. The number of nitrogens with one attached hydrogen (secondary N) is 1. The maximum absolute atomic E-state index is 15.9. The lowest BCUT2D eigenvalue weighted by Crippen LogP contribution is -2.48. The number of fused-ring (bicyclic) bond motifs is 1. The predicted molar refractivity (Wildman–Crippen MR) is 174 cm³/mol. The van der Waals surface area contributed by atoms with Gasteiger partial charge in [0, 0.05) is 75.0 Å². The molecule has 1 aliphatic carbocycles. The standard InChI is InChI=1S/C33H44FN9O2/c1-21-18-26(30(34)31(36-21)27-20-35-40(5)22(27)2)32(45)38-33-37-28-11-8-24(42-16-14-41(15-17-42)13-12-39(3)4)19-29(28)43(33)23-6-9-25(44)10-7-23/h8,11,18-20,23,25,44H,6-7,9-10,12-17H2,1-5H3,(H,37,38,45). The number of aliphatic hydroxyl groups is 1. The number of carbonyl (C=O) groups is 1. The summed E-state index contributed by atoms with van der Waals surface area (Å²) in [5, 5.41) is 17.4. The highest BCUT2D eigenvalue weighted by Gasteiger charge is 2.28. The molecular weight excluding hydrogens is 573 g/mol. The van der Waals surface area contributed by atoms with E-state index >= 15 is 4.39 Å². The number of amides is 1. The molecule has 2 N–H and O–H groups in total. The van der Waals surface area contributed by atoms with Crippen LogP contribution in [0.3, 0.4) is 0 Å². The second-order valence-electron chi connectivity index (χ2n) is 12.8. The average Bonchev–Trinajstić information content (AvgIpc) is 3.55. The summed E-state index contributed by atoms with van der Waals surface area (Å²) in [7, 11) is 5.99. The summed E-state index contributed by atoms with van der Waals surface area (Å²) in [5.74, 6) is -0.887. The van der Waals surface area contributed by atoms with Crippen molar-refractivity contribution in [3.63, 3.8) is 0 Å². The maximum Gasteiger partial charge on any atom is 0.261 e. The van der Waals surface area contributed by atoms with Gasteiger partial charge in [0.25, 0.3) is 5.91 Å². The second-order valence-corrected chi connectivity index (χ2v) is 12.8. The summed E-state index contributed by atoms with van der Waals surface area (Å²) in [4.78, 5) is 30.1. The van der Waals surface area contributed by atoms with Crippen LogP contribution in [0.2, 0.25) is 0 Å². The highest BCUT2D eigenvalue weighted by Crippen LogP contribution is 2.36. The summed E-state index contributed by atoms with van der Waals surface area (Å²) in [6.07, 6.45) is 4.13. The van der Waals surface area contributed by atoms with E-state index in [1.807, 2.05) is 13.0 Å². The molecule has 1 aliphatic heterocycles. The number of hydrogen-bond acceptors (Lipinski definition) is 8. The maximum atomic E-state index is 15.9. The van der Waals surface area contributed by atoms with E-state index < -0.39 is 11.7 Å². The first-order valence-electron chi connectivity index (χ1n) is 15.9. The smallest absolute Gasteiger partial charge is 0.261 e. The first-order valence-corrected chi connectivity index (χ1v) is 15.9. The molecule has 0 unspecified atom stereocenters. The van der Waals surface area contributed by atoms with Crippen molar-refractivity contribution >= 4 is 28.6 Å². The molecule has 0 bridgehead atoms. The van der Waals surface area contributed by atoms with Crippen molar-refractivity contribution in [2.45, 2.75) is 51.7 Å². The monoisotopic (exact) mass is 617 g/mol. The van der Waals surface area contributed by atoms with Crippen LogP contribution in [-0.2, 0) is 7.05 Å². The molecule has 0 radical (unpaired) electrons. The average molecular weight is 618 g/mol. The van der Waals surface area contributed by atoms with Gasteiger partial charge in [-0.1, -0.05) is 0 Å². The Kier molecular flexibility index (Phi) is 8.89. The number of imidazole rings is 1. The summed E-state index contributed by atoms with van der Waals surface area (Å²) >= 11 is 0. The molecule has 1 saturated heterocycles. The molecular formula is C33H44FN9O2. The Balaban J connectivity index is 1.31. The Hall–Kier alpha value is -3.87. The van der Waals surface area contributed by atoms with Gasteiger partial charge in [-0.25, -0.2) is 14.4 Å². The van der Waals surface area contributed by atoms with Gasteiger partial charge in [-0.3, -0.25) is 19.7 Å².